The normalized spacial score (nSPS) is 12.0. The minimum absolute atomic E-state index is 0.164. The largest absolute Gasteiger partial charge is 0.447 e. The summed E-state index contributed by atoms with van der Waals surface area (Å²) in [5.41, 5.74) is 5.89. The third-order valence-corrected chi connectivity index (χ3v) is 5.76. The van der Waals surface area contributed by atoms with Crippen molar-refractivity contribution in [1.82, 2.24) is 5.32 Å². The molecule has 0 aromatic heterocycles. The van der Waals surface area contributed by atoms with Gasteiger partial charge < -0.3 is 10.1 Å². The average molecular weight is 441 g/mol. The highest BCUT2D eigenvalue weighted by molar-refractivity contribution is 5.75. The van der Waals surface area contributed by atoms with Crippen molar-refractivity contribution in [3.63, 3.8) is 0 Å². The summed E-state index contributed by atoms with van der Waals surface area (Å²) in [5.74, 6) is 0.0288. The second-order valence-corrected chi connectivity index (χ2v) is 8.97. The Morgan fingerprint density at radius 2 is 1.16 bits per heavy atom. The van der Waals surface area contributed by atoms with Gasteiger partial charge in [-0.15, -0.1) is 0 Å². The highest BCUT2D eigenvalue weighted by Crippen LogP contribution is 2.11. The molecule has 0 aromatic rings. The Morgan fingerprint density at radius 3 is 1.77 bits per heavy atom. The van der Waals surface area contributed by atoms with E-state index in [9.17, 15) is 9.59 Å². The van der Waals surface area contributed by atoms with Gasteiger partial charge in [0.05, 0.1) is 0 Å². The molecule has 1 amide bonds. The molecule has 0 fully saturated rings. The molecular weight excluding hydrogens is 388 g/mol. The smallest absolute Gasteiger partial charge is 0.307 e. The third-order valence-electron chi connectivity index (χ3n) is 5.76. The highest BCUT2D eigenvalue weighted by atomic mass is 16.6. The number of unbranched alkanes of at least 4 members (excludes halogenated alkanes) is 14. The van der Waals surface area contributed by atoms with E-state index in [1.54, 1.807) is 0 Å². The molecule has 0 aliphatic heterocycles. The van der Waals surface area contributed by atoms with Gasteiger partial charge in [-0.2, -0.15) is 0 Å². The van der Waals surface area contributed by atoms with Crippen molar-refractivity contribution < 1.29 is 14.3 Å². The summed E-state index contributed by atoms with van der Waals surface area (Å²) in [5, 5.41) is 3.03. The summed E-state index contributed by atoms with van der Waals surface area (Å²) in [4.78, 5) is 23.6. The number of ether oxygens (including phenoxy) is 1. The number of nitrogens with one attached hydrogen (secondary N) is 1. The fourth-order valence-electron chi connectivity index (χ4n) is 3.72. The lowest BCUT2D eigenvalue weighted by Gasteiger charge is -2.13. The van der Waals surface area contributed by atoms with Crippen molar-refractivity contribution in [1.29, 1.82) is 0 Å². The van der Waals surface area contributed by atoms with Gasteiger partial charge >= 0.3 is 5.97 Å². The second kappa shape index (κ2) is 23.6. The van der Waals surface area contributed by atoms with E-state index in [1.807, 2.05) is 0 Å². The van der Waals surface area contributed by atoms with Gasteiger partial charge in [-0.25, -0.2) is 0 Å². The van der Waals surface area contributed by atoms with E-state index < -0.39 is 6.23 Å². The van der Waals surface area contributed by atoms with Gasteiger partial charge in [0.15, 0.2) is 6.23 Å². The zero-order chi connectivity index (χ0) is 23.0. The maximum atomic E-state index is 11.8. The minimum Gasteiger partial charge on any atom is -0.447 e. The summed E-state index contributed by atoms with van der Waals surface area (Å²) >= 11 is 0. The van der Waals surface area contributed by atoms with Crippen LogP contribution < -0.4 is 11.1 Å². The Hall–Kier alpha value is -1.10. The Balaban J connectivity index is 3.37. The minimum atomic E-state index is -0.443. The van der Waals surface area contributed by atoms with Gasteiger partial charge in [-0.05, 0) is 32.1 Å². The lowest BCUT2D eigenvalue weighted by molar-refractivity contribution is -0.149. The van der Waals surface area contributed by atoms with E-state index in [0.717, 1.165) is 64.3 Å². The molecule has 1 atom stereocenters. The zero-order valence-corrected chi connectivity index (χ0v) is 20.7. The lowest BCUT2D eigenvalue weighted by atomic mass is 10.1. The molecule has 5 nitrogen and oxygen atoms in total. The van der Waals surface area contributed by atoms with Crippen LogP contribution in [0.1, 0.15) is 142 Å². The van der Waals surface area contributed by atoms with E-state index in [1.165, 1.54) is 57.8 Å². The fourth-order valence-corrected chi connectivity index (χ4v) is 3.72. The quantitative estimate of drug-likeness (QED) is 0.104. The maximum absolute atomic E-state index is 11.8. The molecular formula is C26H52N2O3. The molecule has 0 aliphatic carbocycles. The summed E-state index contributed by atoms with van der Waals surface area (Å²) in [6.45, 7) is 5.25. The van der Waals surface area contributed by atoms with Crippen LogP contribution in [0.2, 0.25) is 0 Å². The van der Waals surface area contributed by atoms with Gasteiger partial charge in [0.1, 0.15) is 0 Å². The first-order chi connectivity index (χ1) is 15.1. The van der Waals surface area contributed by atoms with Crippen molar-refractivity contribution in [2.24, 2.45) is 5.73 Å². The first kappa shape index (κ1) is 29.9. The summed E-state index contributed by atoms with van der Waals surface area (Å²) in [7, 11) is 0. The van der Waals surface area contributed by atoms with E-state index in [4.69, 9.17) is 10.5 Å². The standard InChI is InChI=1S/C26H52N2O3/c1-3-5-7-9-15-19-23-28-25(29)21-17-13-10-11-14-18-22-26(30)31-24(27)20-16-12-8-6-4-2/h24H,3-23,27H2,1-2H3,(H,28,29). The third kappa shape index (κ3) is 23.4. The first-order valence-corrected chi connectivity index (χ1v) is 13.3. The van der Waals surface area contributed by atoms with Gasteiger partial charge in [0.2, 0.25) is 5.91 Å². The molecule has 3 N–H and O–H groups in total. The van der Waals surface area contributed by atoms with E-state index in [-0.39, 0.29) is 11.9 Å². The number of amides is 1. The molecule has 31 heavy (non-hydrogen) atoms. The molecule has 1 unspecified atom stereocenters. The van der Waals surface area contributed by atoms with Crippen LogP contribution in [0.5, 0.6) is 0 Å². The molecule has 0 bridgehead atoms. The first-order valence-electron chi connectivity index (χ1n) is 13.3. The Bertz CT molecular complexity index is 415. The molecule has 0 aliphatic rings. The number of hydrogen-bond acceptors (Lipinski definition) is 4. The molecule has 0 spiro atoms. The van der Waals surface area contributed by atoms with Crippen molar-refractivity contribution in [2.75, 3.05) is 6.54 Å². The summed E-state index contributed by atoms with van der Waals surface area (Å²) < 4.78 is 5.29. The monoisotopic (exact) mass is 440 g/mol. The van der Waals surface area contributed by atoms with Crippen molar-refractivity contribution in [2.45, 2.75) is 148 Å². The van der Waals surface area contributed by atoms with Crippen LogP contribution in [0, 0.1) is 0 Å². The topological polar surface area (TPSA) is 81.4 Å². The molecule has 0 rings (SSSR count). The number of hydrogen-bond donors (Lipinski definition) is 2. The molecule has 0 aromatic carbocycles. The molecule has 0 saturated carbocycles. The summed E-state index contributed by atoms with van der Waals surface area (Å²) in [6.07, 6.45) is 21.0. The number of carbonyl (C=O) groups excluding carboxylic acids is 2. The molecule has 5 heteroatoms. The Morgan fingerprint density at radius 1 is 0.677 bits per heavy atom. The number of esters is 1. The second-order valence-electron chi connectivity index (χ2n) is 8.97. The van der Waals surface area contributed by atoms with Gasteiger partial charge in [0.25, 0.3) is 0 Å². The fraction of sp³-hybridized carbons (Fsp3) is 0.923. The molecule has 0 heterocycles. The van der Waals surface area contributed by atoms with Gasteiger partial charge in [-0.3, -0.25) is 15.3 Å². The highest BCUT2D eigenvalue weighted by Gasteiger charge is 2.09. The lowest BCUT2D eigenvalue weighted by Crippen LogP contribution is -2.26. The van der Waals surface area contributed by atoms with Crippen molar-refractivity contribution >= 4 is 11.9 Å². The van der Waals surface area contributed by atoms with Crippen LogP contribution in [0.3, 0.4) is 0 Å². The predicted molar refractivity (Wildman–Crippen MR) is 131 cm³/mol. The van der Waals surface area contributed by atoms with Crippen LogP contribution in [0.4, 0.5) is 0 Å². The van der Waals surface area contributed by atoms with Crippen LogP contribution in [-0.4, -0.2) is 24.6 Å². The van der Waals surface area contributed by atoms with Crippen LogP contribution in [0.15, 0.2) is 0 Å². The summed E-state index contributed by atoms with van der Waals surface area (Å²) in [6, 6.07) is 0. The van der Waals surface area contributed by atoms with Crippen molar-refractivity contribution in [3.8, 4) is 0 Å². The van der Waals surface area contributed by atoms with E-state index in [2.05, 4.69) is 19.2 Å². The number of rotatable bonds is 23. The Kier molecular flexibility index (Phi) is 22.7. The predicted octanol–water partition coefficient (Wildman–Crippen LogP) is 6.77. The zero-order valence-electron chi connectivity index (χ0n) is 20.7. The molecule has 0 radical (unpaired) electrons. The van der Waals surface area contributed by atoms with E-state index in [0.29, 0.717) is 12.8 Å². The van der Waals surface area contributed by atoms with Crippen LogP contribution in [0.25, 0.3) is 0 Å². The number of carbonyl (C=O) groups is 2. The van der Waals surface area contributed by atoms with Gasteiger partial charge in [0, 0.05) is 19.4 Å². The van der Waals surface area contributed by atoms with Crippen LogP contribution in [-0.2, 0) is 14.3 Å². The average Bonchev–Trinajstić information content (AvgIpc) is 2.74. The van der Waals surface area contributed by atoms with Crippen LogP contribution >= 0.6 is 0 Å². The number of nitrogens with two attached hydrogens (primary N) is 1. The molecule has 184 valence electrons. The maximum Gasteiger partial charge on any atom is 0.307 e. The van der Waals surface area contributed by atoms with E-state index >= 15 is 0 Å². The van der Waals surface area contributed by atoms with Gasteiger partial charge in [-0.1, -0.05) is 97.3 Å². The molecule has 0 saturated heterocycles. The van der Waals surface area contributed by atoms with Crippen molar-refractivity contribution in [3.05, 3.63) is 0 Å². The SMILES string of the molecule is CCCCCCCCNC(=O)CCCCCCCCC(=O)OC(N)CCCCCCC. The Labute approximate surface area is 192 Å².